The Morgan fingerprint density at radius 3 is 2.65 bits per heavy atom. The minimum atomic E-state index is 0.480. The Labute approximate surface area is 160 Å². The number of hydrogen-bond donors (Lipinski definition) is 1. The lowest BCUT2D eigenvalue weighted by Crippen LogP contribution is -2.53. The zero-order valence-corrected chi connectivity index (χ0v) is 16.6. The van der Waals surface area contributed by atoms with E-state index in [2.05, 4.69) is 56.0 Å². The number of thiophene rings is 1. The first kappa shape index (κ1) is 18.6. The topological polar surface area (TPSA) is 40.1 Å². The summed E-state index contributed by atoms with van der Waals surface area (Å²) < 4.78 is 5.50. The summed E-state index contributed by atoms with van der Waals surface area (Å²) in [7, 11) is 3.60. The summed E-state index contributed by atoms with van der Waals surface area (Å²) in [5.74, 6) is 2.41. The number of hydrogen-bond acceptors (Lipinski definition) is 4. The molecule has 0 aliphatic carbocycles. The van der Waals surface area contributed by atoms with Gasteiger partial charge < -0.3 is 19.9 Å². The molecule has 1 saturated heterocycles. The van der Waals surface area contributed by atoms with Crippen LogP contribution in [-0.2, 0) is 0 Å². The number of ether oxygens (including phenoxy) is 1. The first-order chi connectivity index (χ1) is 12.7. The summed E-state index contributed by atoms with van der Waals surface area (Å²) in [6, 6.07) is 10.4. The third kappa shape index (κ3) is 4.30. The molecule has 2 heterocycles. The average molecular weight is 373 g/mol. The normalized spacial score (nSPS) is 16.5. The molecule has 1 aliphatic heterocycles. The molecule has 2 aromatic rings. The lowest BCUT2D eigenvalue weighted by Gasteiger charge is -2.38. The van der Waals surface area contributed by atoms with Gasteiger partial charge in [-0.15, -0.1) is 0 Å². The third-order valence-corrected chi connectivity index (χ3v) is 5.60. The standard InChI is InChI=1S/C20H28N4OS/c1-16(17-8-13-26-15-17)14-22-20(21-2)24-11-9-23(10-12-24)18-6-4-5-7-19(18)25-3/h4-8,13,15-16H,9-12,14H2,1-3H3,(H,21,22). The van der Waals surface area contributed by atoms with Gasteiger partial charge >= 0.3 is 0 Å². The summed E-state index contributed by atoms with van der Waals surface area (Å²) >= 11 is 1.75. The number of rotatable bonds is 5. The van der Waals surface area contributed by atoms with Gasteiger partial charge in [-0.25, -0.2) is 0 Å². The quantitative estimate of drug-likeness (QED) is 0.646. The summed E-state index contributed by atoms with van der Waals surface area (Å²) in [6.07, 6.45) is 0. The Bertz CT molecular complexity index is 708. The van der Waals surface area contributed by atoms with Gasteiger partial charge in [0, 0.05) is 39.8 Å². The highest BCUT2D eigenvalue weighted by molar-refractivity contribution is 7.07. The van der Waals surface area contributed by atoms with Crippen LogP contribution < -0.4 is 15.0 Å². The Kier molecular flexibility index (Phi) is 6.39. The highest BCUT2D eigenvalue weighted by atomic mass is 32.1. The minimum Gasteiger partial charge on any atom is -0.495 e. The van der Waals surface area contributed by atoms with Crippen molar-refractivity contribution < 1.29 is 4.74 Å². The van der Waals surface area contributed by atoms with Crippen molar-refractivity contribution in [1.29, 1.82) is 0 Å². The van der Waals surface area contributed by atoms with Crippen LogP contribution in [0.3, 0.4) is 0 Å². The number of piperazine rings is 1. The van der Waals surface area contributed by atoms with E-state index in [-0.39, 0.29) is 0 Å². The molecular formula is C20H28N4OS. The lowest BCUT2D eigenvalue weighted by atomic mass is 10.1. The van der Waals surface area contributed by atoms with Gasteiger partial charge in [-0.1, -0.05) is 19.1 Å². The van der Waals surface area contributed by atoms with Crippen molar-refractivity contribution in [2.45, 2.75) is 12.8 Å². The second-order valence-corrected chi connectivity index (χ2v) is 7.31. The van der Waals surface area contributed by atoms with E-state index in [9.17, 15) is 0 Å². The smallest absolute Gasteiger partial charge is 0.193 e. The van der Waals surface area contributed by atoms with E-state index in [1.807, 2.05) is 19.2 Å². The Morgan fingerprint density at radius 2 is 2.00 bits per heavy atom. The summed E-state index contributed by atoms with van der Waals surface area (Å²) in [5.41, 5.74) is 2.56. The van der Waals surface area contributed by atoms with E-state index in [1.54, 1.807) is 18.4 Å². The number of benzene rings is 1. The largest absolute Gasteiger partial charge is 0.495 e. The predicted octanol–water partition coefficient (Wildman–Crippen LogP) is 3.26. The molecule has 1 unspecified atom stereocenters. The van der Waals surface area contributed by atoms with Gasteiger partial charge in [0.2, 0.25) is 0 Å². The maximum Gasteiger partial charge on any atom is 0.193 e. The minimum absolute atomic E-state index is 0.480. The molecule has 140 valence electrons. The zero-order chi connectivity index (χ0) is 18.4. The van der Waals surface area contributed by atoms with Crippen LogP contribution in [-0.4, -0.2) is 57.7 Å². The fraction of sp³-hybridized carbons (Fsp3) is 0.450. The van der Waals surface area contributed by atoms with Crippen molar-refractivity contribution in [2.24, 2.45) is 4.99 Å². The number of guanidine groups is 1. The van der Waals surface area contributed by atoms with Crippen LogP contribution >= 0.6 is 11.3 Å². The SMILES string of the molecule is CN=C(NCC(C)c1ccsc1)N1CCN(c2ccccc2OC)CC1. The first-order valence-electron chi connectivity index (χ1n) is 9.08. The van der Waals surface area contributed by atoms with Gasteiger partial charge in [-0.2, -0.15) is 11.3 Å². The Balaban J connectivity index is 1.54. The number of nitrogens with one attached hydrogen (secondary N) is 1. The zero-order valence-electron chi connectivity index (χ0n) is 15.8. The van der Waals surface area contributed by atoms with Gasteiger partial charge in [0.25, 0.3) is 0 Å². The predicted molar refractivity (Wildman–Crippen MR) is 111 cm³/mol. The molecule has 1 fully saturated rings. The van der Waals surface area contributed by atoms with Crippen LogP contribution in [0.5, 0.6) is 5.75 Å². The van der Waals surface area contributed by atoms with Crippen molar-refractivity contribution in [2.75, 3.05) is 51.8 Å². The molecule has 6 heteroatoms. The number of aliphatic imine (C=N–C) groups is 1. The van der Waals surface area contributed by atoms with E-state index in [0.29, 0.717) is 5.92 Å². The molecule has 26 heavy (non-hydrogen) atoms. The van der Waals surface area contributed by atoms with E-state index in [4.69, 9.17) is 4.74 Å². The van der Waals surface area contributed by atoms with E-state index >= 15 is 0 Å². The molecule has 0 amide bonds. The molecule has 0 radical (unpaired) electrons. The second-order valence-electron chi connectivity index (χ2n) is 6.53. The van der Waals surface area contributed by atoms with Crippen LogP contribution in [0.2, 0.25) is 0 Å². The first-order valence-corrected chi connectivity index (χ1v) is 10.0. The van der Waals surface area contributed by atoms with Gasteiger partial charge in [0.15, 0.2) is 5.96 Å². The monoisotopic (exact) mass is 372 g/mol. The highest BCUT2D eigenvalue weighted by Gasteiger charge is 2.21. The molecule has 0 bridgehead atoms. The van der Waals surface area contributed by atoms with Gasteiger partial charge in [-0.3, -0.25) is 4.99 Å². The maximum absolute atomic E-state index is 5.50. The van der Waals surface area contributed by atoms with Crippen LogP contribution in [0.4, 0.5) is 5.69 Å². The van der Waals surface area contributed by atoms with Crippen LogP contribution in [0, 0.1) is 0 Å². The molecule has 3 rings (SSSR count). The summed E-state index contributed by atoms with van der Waals surface area (Å²) in [5, 5.41) is 7.90. The molecular weight excluding hydrogens is 344 g/mol. The lowest BCUT2D eigenvalue weighted by molar-refractivity contribution is 0.366. The number of para-hydroxylation sites is 2. The van der Waals surface area contributed by atoms with Gasteiger partial charge in [-0.05, 0) is 40.4 Å². The van der Waals surface area contributed by atoms with Crippen LogP contribution in [0.1, 0.15) is 18.4 Å². The van der Waals surface area contributed by atoms with E-state index in [0.717, 1.165) is 44.4 Å². The summed E-state index contributed by atoms with van der Waals surface area (Å²) in [4.78, 5) is 9.21. The maximum atomic E-state index is 5.50. The van der Waals surface area contributed by atoms with E-state index in [1.165, 1.54) is 11.3 Å². The fourth-order valence-corrected chi connectivity index (χ4v) is 4.08. The fourth-order valence-electron chi connectivity index (χ4n) is 3.30. The third-order valence-electron chi connectivity index (χ3n) is 4.90. The van der Waals surface area contributed by atoms with Crippen molar-refractivity contribution in [3.8, 4) is 5.75 Å². The Hall–Kier alpha value is -2.21. The number of methoxy groups -OCH3 is 1. The molecule has 1 aliphatic rings. The molecule has 1 atom stereocenters. The molecule has 1 N–H and O–H groups in total. The molecule has 5 nitrogen and oxygen atoms in total. The Morgan fingerprint density at radius 1 is 1.23 bits per heavy atom. The molecule has 1 aromatic carbocycles. The van der Waals surface area contributed by atoms with Gasteiger partial charge in [0.05, 0.1) is 12.8 Å². The highest BCUT2D eigenvalue weighted by Crippen LogP contribution is 2.28. The van der Waals surface area contributed by atoms with Crippen molar-refractivity contribution in [3.63, 3.8) is 0 Å². The average Bonchev–Trinajstić information content (AvgIpc) is 3.24. The number of nitrogens with zero attached hydrogens (tertiary/aromatic N) is 3. The van der Waals surface area contributed by atoms with E-state index < -0.39 is 0 Å². The van der Waals surface area contributed by atoms with Crippen molar-refractivity contribution >= 4 is 23.0 Å². The summed E-state index contributed by atoms with van der Waals surface area (Å²) in [6.45, 7) is 6.97. The number of anilines is 1. The van der Waals surface area contributed by atoms with Crippen molar-refractivity contribution in [1.82, 2.24) is 10.2 Å². The molecule has 0 saturated carbocycles. The molecule has 0 spiro atoms. The van der Waals surface area contributed by atoms with Crippen molar-refractivity contribution in [3.05, 3.63) is 46.7 Å². The van der Waals surface area contributed by atoms with Crippen LogP contribution in [0.25, 0.3) is 0 Å². The van der Waals surface area contributed by atoms with Gasteiger partial charge in [0.1, 0.15) is 5.75 Å². The van der Waals surface area contributed by atoms with Crippen LogP contribution in [0.15, 0.2) is 46.1 Å². The molecule has 1 aromatic heterocycles. The second kappa shape index (κ2) is 8.94.